The van der Waals surface area contributed by atoms with Crippen molar-refractivity contribution in [2.75, 3.05) is 43.6 Å². The molecule has 2 N–H and O–H groups in total. The van der Waals surface area contributed by atoms with Gasteiger partial charge in [-0.2, -0.15) is 0 Å². The van der Waals surface area contributed by atoms with Crippen LogP contribution in [0.4, 0.5) is 11.4 Å². The van der Waals surface area contributed by atoms with Crippen molar-refractivity contribution in [1.82, 2.24) is 5.32 Å². The Hall–Kier alpha value is -2.42. The molecular weight excluding hydrogens is 491 g/mol. The molecular formula is C23H31IN4O2. The minimum Gasteiger partial charge on any atom is -0.493 e. The van der Waals surface area contributed by atoms with Gasteiger partial charge in [-0.15, -0.1) is 24.0 Å². The number of methoxy groups -OCH3 is 1. The lowest BCUT2D eigenvalue weighted by Crippen LogP contribution is -2.30. The summed E-state index contributed by atoms with van der Waals surface area (Å²) in [5.74, 6) is 2.15. The number of guanidine groups is 1. The van der Waals surface area contributed by atoms with E-state index >= 15 is 0 Å². The molecule has 3 rings (SSSR count). The molecule has 7 heteroatoms. The lowest BCUT2D eigenvalue weighted by molar-refractivity contribution is 0.311. The largest absolute Gasteiger partial charge is 0.493 e. The predicted molar refractivity (Wildman–Crippen MR) is 136 cm³/mol. The summed E-state index contributed by atoms with van der Waals surface area (Å²) in [7, 11) is 1.64. The van der Waals surface area contributed by atoms with Crippen LogP contribution in [0, 0.1) is 0 Å². The molecule has 30 heavy (non-hydrogen) atoms. The van der Waals surface area contributed by atoms with E-state index in [4.69, 9.17) is 14.5 Å². The first-order valence-electron chi connectivity index (χ1n) is 10.1. The second kappa shape index (κ2) is 12.3. The van der Waals surface area contributed by atoms with Crippen LogP contribution in [-0.4, -0.2) is 39.3 Å². The minimum absolute atomic E-state index is 0. The van der Waals surface area contributed by atoms with Gasteiger partial charge in [0.15, 0.2) is 17.5 Å². The summed E-state index contributed by atoms with van der Waals surface area (Å²) in [4.78, 5) is 7.09. The molecule has 162 valence electrons. The molecule has 0 unspecified atom stereocenters. The number of hydrogen-bond donors (Lipinski definition) is 2. The van der Waals surface area contributed by atoms with Crippen LogP contribution in [-0.2, 0) is 6.54 Å². The molecule has 2 aromatic carbocycles. The molecule has 1 heterocycles. The number of ether oxygens (including phenoxy) is 2. The fourth-order valence-electron chi connectivity index (χ4n) is 3.17. The smallest absolute Gasteiger partial charge is 0.196 e. The SMILES string of the molecule is CCNC(=NCc1cccc(N2CC=CC2)c1)Nc1ccc(OCC)c(OC)c1.I. The van der Waals surface area contributed by atoms with Gasteiger partial charge in [-0.1, -0.05) is 24.3 Å². The van der Waals surface area contributed by atoms with E-state index in [1.165, 1.54) is 11.3 Å². The molecule has 0 radical (unpaired) electrons. The van der Waals surface area contributed by atoms with Gasteiger partial charge in [0.05, 0.1) is 20.3 Å². The van der Waals surface area contributed by atoms with Crippen LogP contribution in [0.1, 0.15) is 19.4 Å². The van der Waals surface area contributed by atoms with E-state index in [0.717, 1.165) is 37.0 Å². The maximum absolute atomic E-state index is 5.59. The van der Waals surface area contributed by atoms with Gasteiger partial charge in [0.1, 0.15) is 0 Å². The van der Waals surface area contributed by atoms with Gasteiger partial charge < -0.3 is 25.0 Å². The highest BCUT2D eigenvalue weighted by molar-refractivity contribution is 14.0. The monoisotopic (exact) mass is 522 g/mol. The minimum atomic E-state index is 0. The molecule has 0 aliphatic carbocycles. The van der Waals surface area contributed by atoms with E-state index in [0.29, 0.717) is 18.9 Å². The number of benzene rings is 2. The Morgan fingerprint density at radius 1 is 1.07 bits per heavy atom. The zero-order chi connectivity index (χ0) is 20.5. The van der Waals surface area contributed by atoms with Crippen molar-refractivity contribution < 1.29 is 9.47 Å². The molecule has 0 amide bonds. The third-order valence-electron chi connectivity index (χ3n) is 4.58. The summed E-state index contributed by atoms with van der Waals surface area (Å²) in [6.07, 6.45) is 4.40. The summed E-state index contributed by atoms with van der Waals surface area (Å²) in [6.45, 7) is 7.92. The molecule has 0 atom stereocenters. The molecule has 0 aromatic heterocycles. The zero-order valence-corrected chi connectivity index (χ0v) is 20.2. The molecule has 2 aromatic rings. The van der Waals surface area contributed by atoms with Crippen LogP contribution in [0.15, 0.2) is 59.6 Å². The van der Waals surface area contributed by atoms with E-state index < -0.39 is 0 Å². The van der Waals surface area contributed by atoms with Crippen molar-refractivity contribution >= 4 is 41.3 Å². The van der Waals surface area contributed by atoms with Crippen molar-refractivity contribution in [3.05, 3.63) is 60.2 Å². The van der Waals surface area contributed by atoms with Crippen molar-refractivity contribution in [1.29, 1.82) is 0 Å². The summed E-state index contributed by atoms with van der Waals surface area (Å²) >= 11 is 0. The standard InChI is InChI=1S/C23H30N4O2.HI/c1-4-24-23(26-19-11-12-21(29-5-2)22(16-19)28-3)25-17-18-9-8-10-20(15-18)27-13-6-7-14-27;/h6-12,15-16H,4-5,13-14,17H2,1-3H3,(H2,24,25,26);1H. The third kappa shape index (κ3) is 6.55. The first kappa shape index (κ1) is 23.9. The van der Waals surface area contributed by atoms with E-state index in [9.17, 15) is 0 Å². The summed E-state index contributed by atoms with van der Waals surface area (Å²) in [6, 6.07) is 14.3. The first-order chi connectivity index (χ1) is 14.2. The van der Waals surface area contributed by atoms with Crippen LogP contribution >= 0.6 is 24.0 Å². The highest BCUT2D eigenvalue weighted by Crippen LogP contribution is 2.30. The maximum atomic E-state index is 5.59. The fourth-order valence-corrected chi connectivity index (χ4v) is 3.17. The number of rotatable bonds is 8. The van der Waals surface area contributed by atoms with Gasteiger partial charge >= 0.3 is 0 Å². The van der Waals surface area contributed by atoms with Gasteiger partial charge in [0.2, 0.25) is 0 Å². The van der Waals surface area contributed by atoms with Gasteiger partial charge in [0.25, 0.3) is 0 Å². The number of halogens is 1. The van der Waals surface area contributed by atoms with Gasteiger partial charge in [0, 0.05) is 37.1 Å². The fraction of sp³-hybridized carbons (Fsp3) is 0.348. The van der Waals surface area contributed by atoms with Crippen LogP contribution in [0.5, 0.6) is 11.5 Å². The molecule has 0 bridgehead atoms. The zero-order valence-electron chi connectivity index (χ0n) is 17.9. The molecule has 0 spiro atoms. The highest BCUT2D eigenvalue weighted by Gasteiger charge is 2.09. The van der Waals surface area contributed by atoms with E-state index in [1.807, 2.05) is 25.1 Å². The second-order valence-electron chi connectivity index (χ2n) is 6.67. The molecule has 0 saturated carbocycles. The van der Waals surface area contributed by atoms with E-state index in [-0.39, 0.29) is 24.0 Å². The maximum Gasteiger partial charge on any atom is 0.196 e. The average molecular weight is 522 g/mol. The predicted octanol–water partition coefficient (Wildman–Crippen LogP) is 4.67. The summed E-state index contributed by atoms with van der Waals surface area (Å²) < 4.78 is 11.0. The Morgan fingerprint density at radius 2 is 1.87 bits per heavy atom. The summed E-state index contributed by atoms with van der Waals surface area (Å²) in [5, 5.41) is 6.64. The average Bonchev–Trinajstić information content (AvgIpc) is 3.28. The molecule has 0 fully saturated rings. The highest BCUT2D eigenvalue weighted by atomic mass is 127. The molecule has 0 saturated heterocycles. The normalized spacial score (nSPS) is 13.0. The van der Waals surface area contributed by atoms with Crippen LogP contribution < -0.4 is 25.0 Å². The van der Waals surface area contributed by atoms with Gasteiger partial charge in [-0.05, 0) is 43.7 Å². The molecule has 1 aliphatic heterocycles. The Balaban J connectivity index is 0.00000320. The van der Waals surface area contributed by atoms with Crippen molar-refractivity contribution in [3.63, 3.8) is 0 Å². The van der Waals surface area contributed by atoms with Gasteiger partial charge in [-0.25, -0.2) is 4.99 Å². The van der Waals surface area contributed by atoms with Gasteiger partial charge in [-0.3, -0.25) is 0 Å². The van der Waals surface area contributed by atoms with Crippen LogP contribution in [0.25, 0.3) is 0 Å². The van der Waals surface area contributed by atoms with E-state index in [1.54, 1.807) is 7.11 Å². The van der Waals surface area contributed by atoms with Crippen LogP contribution in [0.2, 0.25) is 0 Å². The van der Waals surface area contributed by atoms with E-state index in [2.05, 4.69) is 58.9 Å². The lowest BCUT2D eigenvalue weighted by atomic mass is 10.2. The van der Waals surface area contributed by atoms with Crippen molar-refractivity contribution in [3.8, 4) is 11.5 Å². The Labute approximate surface area is 196 Å². The quantitative estimate of drug-likeness (QED) is 0.229. The lowest BCUT2D eigenvalue weighted by Gasteiger charge is -2.18. The van der Waals surface area contributed by atoms with Crippen molar-refractivity contribution in [2.24, 2.45) is 4.99 Å². The third-order valence-corrected chi connectivity index (χ3v) is 4.58. The number of anilines is 2. The second-order valence-corrected chi connectivity index (χ2v) is 6.67. The summed E-state index contributed by atoms with van der Waals surface area (Å²) in [5.41, 5.74) is 3.30. The number of nitrogens with zero attached hydrogens (tertiary/aromatic N) is 2. The number of aliphatic imine (C=N–C) groups is 1. The Morgan fingerprint density at radius 3 is 2.57 bits per heavy atom. The van der Waals surface area contributed by atoms with Crippen LogP contribution in [0.3, 0.4) is 0 Å². The topological polar surface area (TPSA) is 58.1 Å². The number of nitrogens with one attached hydrogen (secondary N) is 2. The molecule has 1 aliphatic rings. The Bertz CT molecular complexity index is 862. The molecule has 6 nitrogen and oxygen atoms in total. The first-order valence-corrected chi connectivity index (χ1v) is 10.1. The number of hydrogen-bond acceptors (Lipinski definition) is 4. The Kier molecular flexibility index (Phi) is 9.79. The van der Waals surface area contributed by atoms with Crippen molar-refractivity contribution in [2.45, 2.75) is 20.4 Å².